The Bertz CT molecular complexity index is 638. The Labute approximate surface area is 138 Å². The summed E-state index contributed by atoms with van der Waals surface area (Å²) in [5.74, 6) is 0. The van der Waals surface area contributed by atoms with Gasteiger partial charge < -0.3 is 5.32 Å². The van der Waals surface area contributed by atoms with Crippen LogP contribution in [0.4, 0.5) is 0 Å². The summed E-state index contributed by atoms with van der Waals surface area (Å²) < 4.78 is 22.8. The van der Waals surface area contributed by atoms with Crippen LogP contribution in [-0.4, -0.2) is 39.5 Å². The average Bonchev–Trinajstić information content (AvgIpc) is 2.58. The van der Waals surface area contributed by atoms with Crippen molar-refractivity contribution >= 4 is 10.5 Å². The fourth-order valence-electron chi connectivity index (χ4n) is 2.83. The first-order chi connectivity index (χ1) is 11.2. The highest BCUT2D eigenvalue weighted by Gasteiger charge is 2.23. The van der Waals surface area contributed by atoms with Crippen molar-refractivity contribution in [3.05, 3.63) is 71.8 Å². The van der Waals surface area contributed by atoms with Crippen LogP contribution in [0.15, 0.2) is 60.7 Å². The van der Waals surface area contributed by atoms with Gasteiger partial charge in [0, 0.05) is 26.2 Å². The number of hydrogen-bond acceptors (Lipinski definition) is 5. The van der Waals surface area contributed by atoms with E-state index < -0.39 is 10.5 Å². The Hall–Kier alpha value is -2.02. The molecule has 23 heavy (non-hydrogen) atoms. The first-order valence-electron chi connectivity index (χ1n) is 7.53. The minimum Gasteiger partial charge on any atom is -0.314 e. The highest BCUT2D eigenvalue weighted by atomic mass is 32.2. The molecule has 1 aliphatic heterocycles. The molecular formula is C17H21N3O2S. The molecule has 0 atom stereocenters. The molecule has 1 aliphatic rings. The third-order valence-electron chi connectivity index (χ3n) is 3.75. The minimum atomic E-state index is -2.61. The lowest BCUT2D eigenvalue weighted by atomic mass is 9.96. The topological polar surface area (TPSA) is 73.3 Å². The molecule has 3 rings (SSSR count). The molecule has 0 aliphatic carbocycles. The summed E-state index contributed by atoms with van der Waals surface area (Å²) in [5, 5.41) is 3.43. The van der Waals surface area contributed by atoms with Crippen LogP contribution in [0.25, 0.3) is 0 Å². The van der Waals surface area contributed by atoms with Crippen LogP contribution in [0, 0.1) is 4.78 Å². The Morgan fingerprint density at radius 1 is 0.870 bits per heavy atom. The first kappa shape index (κ1) is 17.3. The minimum absolute atomic E-state index is 0.379. The van der Waals surface area contributed by atoms with Crippen LogP contribution in [0.5, 0.6) is 0 Å². The Morgan fingerprint density at radius 2 is 1.26 bits per heavy atom. The number of benzene rings is 2. The van der Waals surface area contributed by atoms with E-state index in [9.17, 15) is 0 Å². The van der Waals surface area contributed by atoms with Crippen molar-refractivity contribution < 1.29 is 8.42 Å². The van der Waals surface area contributed by atoms with E-state index in [0.717, 1.165) is 26.2 Å². The van der Waals surface area contributed by atoms with Gasteiger partial charge in [0.05, 0.1) is 6.04 Å². The molecule has 1 heterocycles. The van der Waals surface area contributed by atoms with E-state index in [0.29, 0.717) is 6.04 Å². The average molecular weight is 331 g/mol. The summed E-state index contributed by atoms with van der Waals surface area (Å²) in [6.07, 6.45) is 0. The SMILES string of the molecule is N=S(=O)=O.c1ccc(C(c2ccccc2)N2CCNCC2)cc1. The van der Waals surface area contributed by atoms with Crippen molar-refractivity contribution in [3.63, 3.8) is 0 Å². The van der Waals surface area contributed by atoms with Crippen molar-refractivity contribution in [3.8, 4) is 0 Å². The summed E-state index contributed by atoms with van der Waals surface area (Å²) in [7, 11) is -2.61. The van der Waals surface area contributed by atoms with E-state index in [4.69, 9.17) is 13.2 Å². The van der Waals surface area contributed by atoms with E-state index in [1.807, 2.05) is 0 Å². The fourth-order valence-corrected chi connectivity index (χ4v) is 2.83. The van der Waals surface area contributed by atoms with Gasteiger partial charge in [-0.3, -0.25) is 4.90 Å². The number of nitrogens with one attached hydrogen (secondary N) is 2. The van der Waals surface area contributed by atoms with E-state index in [1.54, 1.807) is 0 Å². The van der Waals surface area contributed by atoms with Crippen LogP contribution in [-0.2, 0) is 10.5 Å². The predicted octanol–water partition coefficient (Wildman–Crippen LogP) is 2.31. The van der Waals surface area contributed by atoms with Gasteiger partial charge in [0.25, 0.3) is 0 Å². The number of nitrogens with zero attached hydrogens (tertiary/aromatic N) is 1. The zero-order valence-corrected chi connectivity index (χ0v) is 13.7. The molecule has 2 aromatic carbocycles. The van der Waals surface area contributed by atoms with E-state index >= 15 is 0 Å². The lowest BCUT2D eigenvalue weighted by Crippen LogP contribution is -2.45. The lowest BCUT2D eigenvalue weighted by Gasteiger charge is -2.35. The summed E-state index contributed by atoms with van der Waals surface area (Å²) in [4.78, 5) is 2.57. The molecule has 2 aromatic rings. The second kappa shape index (κ2) is 9.19. The summed E-state index contributed by atoms with van der Waals surface area (Å²) in [6, 6.07) is 22.0. The maximum atomic E-state index is 8.67. The molecule has 2 N–H and O–H groups in total. The van der Waals surface area contributed by atoms with Gasteiger partial charge in [-0.05, 0) is 11.1 Å². The number of hydrogen-bond donors (Lipinski definition) is 2. The quantitative estimate of drug-likeness (QED) is 0.905. The molecule has 6 heteroatoms. The summed E-state index contributed by atoms with van der Waals surface area (Å²) in [6.45, 7) is 4.37. The fraction of sp³-hybridized carbons (Fsp3) is 0.294. The molecule has 5 nitrogen and oxygen atoms in total. The number of rotatable bonds is 3. The van der Waals surface area contributed by atoms with Gasteiger partial charge in [-0.2, -0.15) is 13.2 Å². The highest BCUT2D eigenvalue weighted by Crippen LogP contribution is 2.28. The van der Waals surface area contributed by atoms with Crippen molar-refractivity contribution in [1.82, 2.24) is 10.2 Å². The Morgan fingerprint density at radius 3 is 1.65 bits per heavy atom. The zero-order valence-electron chi connectivity index (χ0n) is 12.9. The molecule has 122 valence electrons. The Kier molecular flexibility index (Phi) is 6.93. The van der Waals surface area contributed by atoms with Crippen LogP contribution < -0.4 is 5.32 Å². The van der Waals surface area contributed by atoms with Crippen LogP contribution in [0.1, 0.15) is 17.2 Å². The van der Waals surface area contributed by atoms with Gasteiger partial charge in [-0.1, -0.05) is 60.7 Å². The molecule has 0 saturated carbocycles. The van der Waals surface area contributed by atoms with Gasteiger partial charge in [0.2, 0.25) is 0 Å². The smallest absolute Gasteiger partial charge is 0.308 e. The summed E-state index contributed by atoms with van der Waals surface area (Å²) >= 11 is 0. The van der Waals surface area contributed by atoms with Gasteiger partial charge in [0.15, 0.2) is 0 Å². The first-order valence-corrected chi connectivity index (χ1v) is 8.61. The lowest BCUT2D eigenvalue weighted by molar-refractivity contribution is 0.198. The number of piperazine rings is 1. The maximum Gasteiger partial charge on any atom is 0.308 e. The molecule has 1 saturated heterocycles. The molecular weight excluding hydrogens is 310 g/mol. The second-order valence-electron chi connectivity index (χ2n) is 5.24. The van der Waals surface area contributed by atoms with Gasteiger partial charge in [-0.15, -0.1) is 0 Å². The second-order valence-corrected chi connectivity index (χ2v) is 5.71. The van der Waals surface area contributed by atoms with Crippen molar-refractivity contribution in [2.24, 2.45) is 0 Å². The standard InChI is InChI=1S/C17H20N2.HNO2S/c1-3-7-15(8-4-1)17(16-9-5-2-6-10-16)19-13-11-18-12-14-19;1-4(2)3/h1-10,17-18H,11-14H2;1H. The molecule has 0 amide bonds. The highest BCUT2D eigenvalue weighted by molar-refractivity contribution is 7.60. The van der Waals surface area contributed by atoms with Crippen molar-refractivity contribution in [2.45, 2.75) is 6.04 Å². The van der Waals surface area contributed by atoms with E-state index in [-0.39, 0.29) is 0 Å². The molecule has 0 unspecified atom stereocenters. The monoisotopic (exact) mass is 331 g/mol. The van der Waals surface area contributed by atoms with Crippen LogP contribution in [0.3, 0.4) is 0 Å². The predicted molar refractivity (Wildman–Crippen MR) is 90.8 cm³/mol. The largest absolute Gasteiger partial charge is 0.314 e. The molecule has 0 spiro atoms. The van der Waals surface area contributed by atoms with Crippen molar-refractivity contribution in [1.29, 1.82) is 4.78 Å². The van der Waals surface area contributed by atoms with E-state index in [1.165, 1.54) is 11.1 Å². The van der Waals surface area contributed by atoms with Gasteiger partial charge in [0.1, 0.15) is 0 Å². The van der Waals surface area contributed by atoms with Crippen molar-refractivity contribution in [2.75, 3.05) is 26.2 Å². The van der Waals surface area contributed by atoms with Gasteiger partial charge >= 0.3 is 10.5 Å². The third kappa shape index (κ3) is 5.59. The molecule has 0 aromatic heterocycles. The third-order valence-corrected chi connectivity index (χ3v) is 3.75. The summed E-state index contributed by atoms with van der Waals surface area (Å²) in [5.41, 5.74) is 2.77. The Balaban J connectivity index is 0.000000433. The van der Waals surface area contributed by atoms with Gasteiger partial charge in [-0.25, -0.2) is 0 Å². The molecule has 0 bridgehead atoms. The zero-order chi connectivity index (χ0) is 16.5. The molecule has 0 radical (unpaired) electrons. The van der Waals surface area contributed by atoms with E-state index in [2.05, 4.69) is 70.9 Å². The van der Waals surface area contributed by atoms with Crippen LogP contribution in [0.2, 0.25) is 0 Å². The maximum absolute atomic E-state index is 8.67. The normalized spacial score (nSPS) is 14.8. The van der Waals surface area contributed by atoms with Crippen LogP contribution >= 0.6 is 0 Å². The molecule has 1 fully saturated rings.